The molecule has 3 fully saturated rings. The monoisotopic (exact) mass is 298 g/mol. The highest BCUT2D eigenvalue weighted by Gasteiger charge is 2.59. The van der Waals surface area contributed by atoms with Crippen molar-refractivity contribution in [1.29, 1.82) is 0 Å². The van der Waals surface area contributed by atoms with Gasteiger partial charge in [0.15, 0.2) is 5.78 Å². The van der Waals surface area contributed by atoms with E-state index in [1.165, 1.54) is 11.1 Å². The second-order valence-corrected chi connectivity index (χ2v) is 8.41. The summed E-state index contributed by atoms with van der Waals surface area (Å²) in [5, 5.41) is 10.5. The number of aliphatic hydroxyl groups is 1. The lowest BCUT2D eigenvalue weighted by Gasteiger charge is -2.57. The number of hydrogen-bond acceptors (Lipinski definition) is 2. The van der Waals surface area contributed by atoms with E-state index in [-0.39, 0.29) is 22.7 Å². The summed E-state index contributed by atoms with van der Waals surface area (Å²) in [6, 6.07) is 0. The molecule has 2 heteroatoms. The topological polar surface area (TPSA) is 37.3 Å². The molecule has 6 atom stereocenters. The maximum absolute atomic E-state index is 11.8. The summed E-state index contributed by atoms with van der Waals surface area (Å²) >= 11 is 0. The van der Waals surface area contributed by atoms with Crippen molar-refractivity contribution in [2.24, 2.45) is 28.6 Å². The van der Waals surface area contributed by atoms with E-state index in [1.807, 2.05) is 6.08 Å². The minimum Gasteiger partial charge on any atom is -0.393 e. The van der Waals surface area contributed by atoms with Crippen LogP contribution in [0.4, 0.5) is 0 Å². The van der Waals surface area contributed by atoms with Gasteiger partial charge in [-0.2, -0.15) is 0 Å². The van der Waals surface area contributed by atoms with Gasteiger partial charge in [0.05, 0.1) is 6.10 Å². The van der Waals surface area contributed by atoms with Crippen LogP contribution in [0.15, 0.2) is 36.0 Å². The zero-order chi connectivity index (χ0) is 15.7. The first-order chi connectivity index (χ1) is 10.4. The molecular weight excluding hydrogens is 272 g/mol. The van der Waals surface area contributed by atoms with Crippen LogP contribution in [-0.4, -0.2) is 17.0 Å². The SMILES string of the molecule is C=C1CC2(C)C(O)CCC2C2CCC3=CC(=O)C=CC3(C)C12. The molecular formula is C20H26O2. The second kappa shape index (κ2) is 4.44. The largest absolute Gasteiger partial charge is 0.393 e. The average molecular weight is 298 g/mol. The molecule has 4 aliphatic carbocycles. The molecule has 0 spiro atoms. The van der Waals surface area contributed by atoms with Gasteiger partial charge in [-0.25, -0.2) is 0 Å². The van der Waals surface area contributed by atoms with Crippen molar-refractivity contribution in [3.8, 4) is 0 Å². The molecule has 0 aliphatic heterocycles. The van der Waals surface area contributed by atoms with Crippen molar-refractivity contribution in [3.63, 3.8) is 0 Å². The van der Waals surface area contributed by atoms with E-state index in [0.29, 0.717) is 17.8 Å². The highest BCUT2D eigenvalue weighted by atomic mass is 16.3. The summed E-state index contributed by atoms with van der Waals surface area (Å²) in [4.78, 5) is 11.8. The Morgan fingerprint density at radius 1 is 1.27 bits per heavy atom. The Labute approximate surface area is 133 Å². The maximum Gasteiger partial charge on any atom is 0.178 e. The summed E-state index contributed by atoms with van der Waals surface area (Å²) < 4.78 is 0. The average Bonchev–Trinajstić information content (AvgIpc) is 2.75. The van der Waals surface area contributed by atoms with Crippen molar-refractivity contribution < 1.29 is 9.90 Å². The predicted octanol–water partition coefficient (Wildman–Crippen LogP) is 3.82. The molecule has 0 aromatic rings. The van der Waals surface area contributed by atoms with Crippen LogP contribution in [0, 0.1) is 28.6 Å². The molecule has 118 valence electrons. The van der Waals surface area contributed by atoms with Gasteiger partial charge in [0.2, 0.25) is 0 Å². The molecule has 3 saturated carbocycles. The lowest BCUT2D eigenvalue weighted by atomic mass is 9.47. The van der Waals surface area contributed by atoms with Gasteiger partial charge in [-0.3, -0.25) is 4.79 Å². The second-order valence-electron chi connectivity index (χ2n) is 8.41. The first-order valence-corrected chi connectivity index (χ1v) is 8.66. The summed E-state index contributed by atoms with van der Waals surface area (Å²) in [7, 11) is 0. The number of aliphatic hydroxyl groups excluding tert-OH is 1. The van der Waals surface area contributed by atoms with E-state index < -0.39 is 0 Å². The smallest absolute Gasteiger partial charge is 0.178 e. The first-order valence-electron chi connectivity index (χ1n) is 8.66. The van der Waals surface area contributed by atoms with E-state index in [2.05, 4.69) is 26.5 Å². The van der Waals surface area contributed by atoms with Gasteiger partial charge >= 0.3 is 0 Å². The Morgan fingerprint density at radius 2 is 2.05 bits per heavy atom. The van der Waals surface area contributed by atoms with Crippen LogP contribution in [0.5, 0.6) is 0 Å². The molecule has 4 aliphatic rings. The molecule has 0 aromatic carbocycles. The number of carbonyl (C=O) groups is 1. The third kappa shape index (κ3) is 1.68. The fourth-order valence-electron chi connectivity index (χ4n) is 6.27. The summed E-state index contributed by atoms with van der Waals surface area (Å²) in [5.74, 6) is 1.76. The number of allylic oxidation sites excluding steroid dienone is 5. The van der Waals surface area contributed by atoms with E-state index in [1.54, 1.807) is 6.08 Å². The number of rotatable bonds is 0. The maximum atomic E-state index is 11.8. The highest BCUT2D eigenvalue weighted by Crippen LogP contribution is 2.65. The Kier molecular flexibility index (Phi) is 2.92. The van der Waals surface area contributed by atoms with Crippen molar-refractivity contribution in [2.75, 3.05) is 0 Å². The van der Waals surface area contributed by atoms with E-state index >= 15 is 0 Å². The lowest BCUT2D eigenvalue weighted by Crippen LogP contribution is -2.51. The summed E-state index contributed by atoms with van der Waals surface area (Å²) in [5.41, 5.74) is 2.56. The molecule has 0 bridgehead atoms. The lowest BCUT2D eigenvalue weighted by molar-refractivity contribution is -0.111. The van der Waals surface area contributed by atoms with Gasteiger partial charge in [0.1, 0.15) is 0 Å². The van der Waals surface area contributed by atoms with E-state index in [9.17, 15) is 9.90 Å². The fourth-order valence-corrected chi connectivity index (χ4v) is 6.27. The van der Waals surface area contributed by atoms with Crippen LogP contribution in [0.25, 0.3) is 0 Å². The van der Waals surface area contributed by atoms with Crippen molar-refractivity contribution in [3.05, 3.63) is 36.0 Å². The highest BCUT2D eigenvalue weighted by molar-refractivity contribution is 6.01. The number of hydrogen-bond donors (Lipinski definition) is 1. The minimum absolute atomic E-state index is 0.0179. The van der Waals surface area contributed by atoms with E-state index in [0.717, 1.165) is 32.1 Å². The molecule has 22 heavy (non-hydrogen) atoms. The quantitative estimate of drug-likeness (QED) is 0.690. The molecule has 0 aromatic heterocycles. The van der Waals surface area contributed by atoms with Gasteiger partial charge in [-0.05, 0) is 62.0 Å². The zero-order valence-electron chi connectivity index (χ0n) is 13.6. The van der Waals surface area contributed by atoms with Gasteiger partial charge < -0.3 is 5.11 Å². The number of fused-ring (bicyclic) bond motifs is 5. The molecule has 6 unspecified atom stereocenters. The molecule has 0 heterocycles. The van der Waals surface area contributed by atoms with Crippen LogP contribution < -0.4 is 0 Å². The first kappa shape index (κ1) is 14.4. The number of carbonyl (C=O) groups excluding carboxylic acids is 1. The summed E-state index contributed by atoms with van der Waals surface area (Å²) in [6.07, 6.45) is 10.7. The van der Waals surface area contributed by atoms with Crippen LogP contribution in [-0.2, 0) is 4.79 Å². The van der Waals surface area contributed by atoms with Crippen LogP contribution >= 0.6 is 0 Å². The minimum atomic E-state index is -0.177. The van der Waals surface area contributed by atoms with Gasteiger partial charge in [0, 0.05) is 10.8 Å². The van der Waals surface area contributed by atoms with Crippen molar-refractivity contribution in [2.45, 2.75) is 52.1 Å². The normalized spacial score (nSPS) is 50.2. The van der Waals surface area contributed by atoms with Gasteiger partial charge in [-0.1, -0.05) is 37.6 Å². The fraction of sp³-hybridized carbons (Fsp3) is 0.650. The molecule has 4 rings (SSSR count). The van der Waals surface area contributed by atoms with Crippen molar-refractivity contribution >= 4 is 5.78 Å². The predicted molar refractivity (Wildman–Crippen MR) is 87.1 cm³/mol. The Balaban J connectivity index is 1.77. The molecule has 0 amide bonds. The molecule has 1 N–H and O–H groups in total. The Bertz CT molecular complexity index is 613. The van der Waals surface area contributed by atoms with Crippen LogP contribution in [0.1, 0.15) is 46.0 Å². The third-order valence-corrected chi connectivity index (χ3v) is 7.35. The standard InChI is InChI=1S/C20H26O2/c1-12-11-20(3)16(6-7-17(20)22)15-5-4-13-10-14(21)8-9-19(13,2)18(12)15/h8-10,15-18,22H,1,4-7,11H2,2-3H3. The van der Waals surface area contributed by atoms with Gasteiger partial charge in [0.25, 0.3) is 0 Å². The third-order valence-electron chi connectivity index (χ3n) is 7.35. The van der Waals surface area contributed by atoms with Crippen LogP contribution in [0.2, 0.25) is 0 Å². The molecule has 0 saturated heterocycles. The van der Waals surface area contributed by atoms with E-state index in [4.69, 9.17) is 0 Å². The zero-order valence-corrected chi connectivity index (χ0v) is 13.6. The molecule has 0 radical (unpaired) electrons. The summed E-state index contributed by atoms with van der Waals surface area (Å²) in [6.45, 7) is 8.99. The van der Waals surface area contributed by atoms with Crippen molar-refractivity contribution in [1.82, 2.24) is 0 Å². The van der Waals surface area contributed by atoms with Crippen LogP contribution in [0.3, 0.4) is 0 Å². The molecule has 2 nitrogen and oxygen atoms in total. The Hall–Kier alpha value is -1.15. The number of ketones is 1. The van der Waals surface area contributed by atoms with Gasteiger partial charge in [-0.15, -0.1) is 0 Å². The Morgan fingerprint density at radius 3 is 2.82 bits per heavy atom.